The molecule has 0 aliphatic rings. The molecule has 3 heterocycles. The monoisotopic (exact) mass is 462 g/mol. The molecule has 0 spiro atoms. The van der Waals surface area contributed by atoms with Crippen LogP contribution in [0.25, 0.3) is 16.9 Å². The Bertz CT molecular complexity index is 1350. The number of thioether (sulfide) groups is 1. The number of fused-ring (bicyclic) bond motifs is 1. The normalized spacial score (nSPS) is 11.7. The molecule has 0 atom stereocenters. The van der Waals surface area contributed by atoms with Gasteiger partial charge in [-0.3, -0.25) is 9.36 Å². The van der Waals surface area contributed by atoms with Crippen molar-refractivity contribution >= 4 is 34.3 Å². The number of nitrogens with zero attached hydrogens (tertiary/aromatic N) is 6. The number of alkyl halides is 3. The number of imidazole rings is 1. The third-order valence-corrected chi connectivity index (χ3v) is 6.35. The van der Waals surface area contributed by atoms with E-state index in [0.717, 1.165) is 28.5 Å². The average molecular weight is 462 g/mol. The Kier molecular flexibility index (Phi) is 5.55. The highest BCUT2D eigenvalue weighted by Gasteiger charge is 2.33. The van der Waals surface area contributed by atoms with Crippen molar-refractivity contribution in [1.29, 1.82) is 5.26 Å². The molecule has 0 aliphatic carbocycles. The van der Waals surface area contributed by atoms with Gasteiger partial charge >= 0.3 is 6.18 Å². The van der Waals surface area contributed by atoms with Crippen LogP contribution in [0.2, 0.25) is 0 Å². The van der Waals surface area contributed by atoms with E-state index in [2.05, 4.69) is 15.0 Å². The minimum absolute atomic E-state index is 0.106. The van der Waals surface area contributed by atoms with Gasteiger partial charge in [-0.15, -0.1) is 11.3 Å². The molecule has 12 heteroatoms. The number of thiazole rings is 1. The zero-order valence-corrected chi connectivity index (χ0v) is 17.6. The largest absolute Gasteiger partial charge is 0.434 e. The number of aryl methyl sites for hydroxylation is 1. The van der Waals surface area contributed by atoms with Crippen LogP contribution in [0.5, 0.6) is 0 Å². The lowest BCUT2D eigenvalue weighted by molar-refractivity contribution is -0.140. The summed E-state index contributed by atoms with van der Waals surface area (Å²) in [6, 6.07) is 8.38. The quantitative estimate of drug-likeness (QED) is 0.326. The SMILES string of the molecule is CCn1cnc2c(=O)n(-c3ccc(C#N)cc3)c(SCc3nc(C(F)(F)F)cs3)nc21. The second-order valence-electron chi connectivity index (χ2n) is 6.31. The van der Waals surface area contributed by atoms with Gasteiger partial charge in [0.15, 0.2) is 22.0 Å². The van der Waals surface area contributed by atoms with Crippen molar-refractivity contribution in [2.45, 2.75) is 30.6 Å². The molecule has 3 aromatic heterocycles. The lowest BCUT2D eigenvalue weighted by atomic mass is 10.2. The van der Waals surface area contributed by atoms with E-state index in [1.165, 1.54) is 10.9 Å². The Morgan fingerprint density at radius 3 is 2.58 bits per heavy atom. The summed E-state index contributed by atoms with van der Waals surface area (Å²) in [7, 11) is 0. The molecule has 0 bridgehead atoms. The van der Waals surface area contributed by atoms with Crippen LogP contribution in [0.15, 0.2) is 45.9 Å². The highest BCUT2D eigenvalue weighted by Crippen LogP contribution is 2.32. The number of halogens is 3. The summed E-state index contributed by atoms with van der Waals surface area (Å²) in [5, 5.41) is 10.5. The number of hydrogen-bond donors (Lipinski definition) is 0. The lowest BCUT2D eigenvalue weighted by Crippen LogP contribution is -2.22. The van der Waals surface area contributed by atoms with Gasteiger partial charge in [-0.2, -0.15) is 18.4 Å². The zero-order chi connectivity index (χ0) is 22.2. The fraction of sp³-hybridized carbons (Fsp3) is 0.211. The van der Waals surface area contributed by atoms with E-state index < -0.39 is 17.4 Å². The predicted octanol–water partition coefficient (Wildman–Crippen LogP) is 4.24. The van der Waals surface area contributed by atoms with E-state index >= 15 is 0 Å². The molecule has 31 heavy (non-hydrogen) atoms. The van der Waals surface area contributed by atoms with Gasteiger partial charge in [0.2, 0.25) is 0 Å². The fourth-order valence-electron chi connectivity index (χ4n) is 2.85. The maximum absolute atomic E-state index is 13.2. The molecule has 0 saturated heterocycles. The maximum atomic E-state index is 13.2. The molecule has 0 fully saturated rings. The highest BCUT2D eigenvalue weighted by molar-refractivity contribution is 7.98. The van der Waals surface area contributed by atoms with E-state index in [0.29, 0.717) is 28.6 Å². The van der Waals surface area contributed by atoms with E-state index in [-0.39, 0.29) is 16.3 Å². The van der Waals surface area contributed by atoms with Crippen LogP contribution in [0.4, 0.5) is 13.2 Å². The Balaban J connectivity index is 1.78. The van der Waals surface area contributed by atoms with Crippen molar-refractivity contribution in [3.05, 3.63) is 62.6 Å². The van der Waals surface area contributed by atoms with Crippen LogP contribution in [-0.2, 0) is 18.5 Å². The standard InChI is InChI=1S/C19H13F3N6OS2/c1-2-27-10-24-15-16(27)26-18(31-9-14-25-13(8-30-14)19(20,21)22)28(17(15)29)12-5-3-11(7-23)4-6-12/h3-6,8,10H,2,9H2,1H3. The summed E-state index contributed by atoms with van der Waals surface area (Å²) in [6.45, 7) is 2.44. The minimum atomic E-state index is -4.51. The molecule has 4 aromatic rings. The van der Waals surface area contributed by atoms with Gasteiger partial charge in [-0.1, -0.05) is 11.8 Å². The third-order valence-electron chi connectivity index (χ3n) is 4.37. The first-order chi connectivity index (χ1) is 14.8. The Labute approximate surface area is 181 Å². The summed E-state index contributed by atoms with van der Waals surface area (Å²) < 4.78 is 41.6. The number of benzene rings is 1. The van der Waals surface area contributed by atoms with Crippen molar-refractivity contribution in [2.75, 3.05) is 0 Å². The van der Waals surface area contributed by atoms with Gasteiger partial charge in [-0.05, 0) is 31.2 Å². The van der Waals surface area contributed by atoms with Crippen molar-refractivity contribution < 1.29 is 13.2 Å². The summed E-state index contributed by atoms with van der Waals surface area (Å²) in [4.78, 5) is 25.6. The van der Waals surface area contributed by atoms with Gasteiger partial charge in [0.25, 0.3) is 5.56 Å². The van der Waals surface area contributed by atoms with E-state index in [9.17, 15) is 18.0 Å². The van der Waals surface area contributed by atoms with Crippen LogP contribution in [-0.4, -0.2) is 24.1 Å². The minimum Gasteiger partial charge on any atom is -0.315 e. The van der Waals surface area contributed by atoms with Crippen LogP contribution in [0, 0.1) is 11.3 Å². The predicted molar refractivity (Wildman–Crippen MR) is 110 cm³/mol. The van der Waals surface area contributed by atoms with E-state index in [1.807, 2.05) is 13.0 Å². The average Bonchev–Trinajstić information content (AvgIpc) is 3.39. The zero-order valence-electron chi connectivity index (χ0n) is 15.9. The first-order valence-corrected chi connectivity index (χ1v) is 10.8. The molecule has 4 rings (SSSR count). The fourth-order valence-corrected chi connectivity index (χ4v) is 4.67. The smallest absolute Gasteiger partial charge is 0.315 e. The number of nitriles is 1. The second kappa shape index (κ2) is 8.16. The van der Waals surface area contributed by atoms with Crippen LogP contribution < -0.4 is 5.56 Å². The number of hydrogen-bond acceptors (Lipinski definition) is 7. The van der Waals surface area contributed by atoms with Gasteiger partial charge in [0.1, 0.15) is 5.01 Å². The summed E-state index contributed by atoms with van der Waals surface area (Å²) in [6.07, 6.45) is -2.98. The molecular weight excluding hydrogens is 449 g/mol. The van der Waals surface area contributed by atoms with Crippen molar-refractivity contribution in [3.8, 4) is 11.8 Å². The Morgan fingerprint density at radius 1 is 1.23 bits per heavy atom. The lowest BCUT2D eigenvalue weighted by Gasteiger charge is -2.12. The van der Waals surface area contributed by atoms with E-state index in [1.54, 1.807) is 28.8 Å². The molecule has 0 saturated carbocycles. The van der Waals surface area contributed by atoms with Gasteiger partial charge < -0.3 is 4.57 Å². The number of aromatic nitrogens is 5. The molecule has 0 N–H and O–H groups in total. The maximum Gasteiger partial charge on any atom is 0.434 e. The summed E-state index contributed by atoms with van der Waals surface area (Å²) >= 11 is 2.01. The second-order valence-corrected chi connectivity index (χ2v) is 8.19. The van der Waals surface area contributed by atoms with Crippen molar-refractivity contribution in [2.24, 2.45) is 0 Å². The highest BCUT2D eigenvalue weighted by atomic mass is 32.2. The molecule has 0 aliphatic heterocycles. The topological polar surface area (TPSA) is 89.4 Å². The van der Waals surface area contributed by atoms with Crippen LogP contribution >= 0.6 is 23.1 Å². The van der Waals surface area contributed by atoms with Gasteiger partial charge in [0, 0.05) is 11.9 Å². The molecule has 0 unspecified atom stereocenters. The summed E-state index contributed by atoms with van der Waals surface area (Å²) in [5.74, 6) is 0.106. The first-order valence-electron chi connectivity index (χ1n) is 8.94. The third kappa shape index (κ3) is 4.06. The first kappa shape index (κ1) is 21.1. The Hall–Kier alpha value is -3.17. The van der Waals surface area contributed by atoms with Crippen molar-refractivity contribution in [3.63, 3.8) is 0 Å². The van der Waals surface area contributed by atoms with Crippen LogP contribution in [0.3, 0.4) is 0 Å². The molecule has 7 nitrogen and oxygen atoms in total. The molecule has 0 radical (unpaired) electrons. The van der Waals surface area contributed by atoms with E-state index in [4.69, 9.17) is 5.26 Å². The molecule has 1 aromatic carbocycles. The van der Waals surface area contributed by atoms with Crippen molar-refractivity contribution in [1.82, 2.24) is 24.1 Å². The summed E-state index contributed by atoms with van der Waals surface area (Å²) in [5.41, 5.74) is 0.142. The van der Waals surface area contributed by atoms with Gasteiger partial charge in [0.05, 0.1) is 29.4 Å². The molecule has 0 amide bonds. The molecule has 158 valence electrons. The Morgan fingerprint density at radius 2 is 1.97 bits per heavy atom. The number of rotatable bonds is 5. The molecular formula is C19H13F3N6OS2. The van der Waals surface area contributed by atoms with Gasteiger partial charge in [-0.25, -0.2) is 15.0 Å². The van der Waals surface area contributed by atoms with Crippen LogP contribution in [0.1, 0.15) is 23.2 Å².